The summed E-state index contributed by atoms with van der Waals surface area (Å²) in [5.41, 5.74) is 1.26. The summed E-state index contributed by atoms with van der Waals surface area (Å²) in [7, 11) is 1.65. The number of halogens is 1. The first kappa shape index (κ1) is 14.6. The number of hydrogen-bond donors (Lipinski definition) is 1. The van der Waals surface area contributed by atoms with E-state index in [-0.39, 0.29) is 0 Å². The molecule has 0 bridgehead atoms. The van der Waals surface area contributed by atoms with Crippen LogP contribution in [0.4, 0.5) is 0 Å². The van der Waals surface area contributed by atoms with Crippen LogP contribution in [0, 0.1) is 0 Å². The quantitative estimate of drug-likeness (QED) is 0.868. The van der Waals surface area contributed by atoms with Gasteiger partial charge in [-0.25, -0.2) is 0 Å². The minimum atomic E-state index is 0.654. The molecule has 0 saturated carbocycles. The van der Waals surface area contributed by atoms with Gasteiger partial charge in [0.25, 0.3) is 0 Å². The molecule has 0 amide bonds. The maximum atomic E-state index is 6.19. The van der Waals surface area contributed by atoms with Gasteiger partial charge in [0.1, 0.15) is 5.75 Å². The van der Waals surface area contributed by atoms with Gasteiger partial charge in [0.05, 0.1) is 12.1 Å². The van der Waals surface area contributed by atoms with Crippen LogP contribution in [0.2, 0.25) is 5.02 Å². The van der Waals surface area contributed by atoms with Crippen LogP contribution in [0.25, 0.3) is 0 Å². The van der Waals surface area contributed by atoms with Gasteiger partial charge < -0.3 is 10.1 Å². The van der Waals surface area contributed by atoms with Crippen LogP contribution in [0.5, 0.6) is 5.75 Å². The largest absolute Gasteiger partial charge is 0.495 e. The van der Waals surface area contributed by atoms with Crippen molar-refractivity contribution >= 4 is 11.6 Å². The zero-order chi connectivity index (χ0) is 13.7. The summed E-state index contributed by atoms with van der Waals surface area (Å²) >= 11 is 6.19. The molecular weight excluding hydrogens is 260 g/mol. The Kier molecular flexibility index (Phi) is 5.49. The minimum absolute atomic E-state index is 0.654. The van der Waals surface area contributed by atoms with Crippen molar-refractivity contribution in [3.8, 4) is 5.75 Å². The molecule has 2 rings (SSSR count). The van der Waals surface area contributed by atoms with E-state index < -0.39 is 0 Å². The van der Waals surface area contributed by atoms with Crippen LogP contribution in [0.15, 0.2) is 18.2 Å². The lowest BCUT2D eigenvalue weighted by Crippen LogP contribution is -2.36. The lowest BCUT2D eigenvalue weighted by molar-refractivity contribution is 0.199. The molecule has 106 valence electrons. The zero-order valence-electron chi connectivity index (χ0n) is 11.8. The first-order valence-electron chi connectivity index (χ1n) is 7.01. The molecular formula is C15H23ClN2O. The molecule has 1 atom stereocenters. The molecule has 0 spiro atoms. The maximum absolute atomic E-state index is 6.19. The van der Waals surface area contributed by atoms with Gasteiger partial charge in [0.15, 0.2) is 0 Å². The van der Waals surface area contributed by atoms with Crippen LogP contribution < -0.4 is 10.1 Å². The smallest absolute Gasteiger partial charge is 0.137 e. The van der Waals surface area contributed by atoms with Gasteiger partial charge in [-0.1, -0.05) is 24.6 Å². The van der Waals surface area contributed by atoms with E-state index >= 15 is 0 Å². The Labute approximate surface area is 120 Å². The van der Waals surface area contributed by atoms with Gasteiger partial charge in [-0.2, -0.15) is 0 Å². The van der Waals surface area contributed by atoms with Crippen LogP contribution >= 0.6 is 11.6 Å². The number of nitrogens with one attached hydrogen (secondary N) is 1. The van der Waals surface area contributed by atoms with Crippen LogP contribution in [0.1, 0.15) is 25.3 Å². The fourth-order valence-electron chi connectivity index (χ4n) is 2.67. The van der Waals surface area contributed by atoms with E-state index in [0.29, 0.717) is 11.1 Å². The van der Waals surface area contributed by atoms with E-state index in [1.165, 1.54) is 18.4 Å². The van der Waals surface area contributed by atoms with Crippen molar-refractivity contribution < 1.29 is 4.74 Å². The van der Waals surface area contributed by atoms with Crippen LogP contribution in [-0.2, 0) is 6.54 Å². The summed E-state index contributed by atoms with van der Waals surface area (Å²) < 4.78 is 5.20. The van der Waals surface area contributed by atoms with E-state index in [1.807, 2.05) is 12.1 Å². The van der Waals surface area contributed by atoms with E-state index in [1.54, 1.807) is 7.11 Å². The van der Waals surface area contributed by atoms with Crippen molar-refractivity contribution in [3.05, 3.63) is 28.8 Å². The summed E-state index contributed by atoms with van der Waals surface area (Å²) in [6, 6.07) is 6.73. The third-order valence-electron chi connectivity index (χ3n) is 3.66. The average molecular weight is 283 g/mol. The molecule has 1 saturated heterocycles. The first-order valence-corrected chi connectivity index (χ1v) is 7.39. The second kappa shape index (κ2) is 7.13. The molecule has 0 radical (unpaired) electrons. The molecule has 4 heteroatoms. The molecule has 1 aromatic carbocycles. The van der Waals surface area contributed by atoms with Gasteiger partial charge in [0, 0.05) is 19.1 Å². The van der Waals surface area contributed by atoms with Crippen molar-refractivity contribution in [3.63, 3.8) is 0 Å². The van der Waals surface area contributed by atoms with Gasteiger partial charge >= 0.3 is 0 Å². The third-order valence-corrected chi connectivity index (χ3v) is 3.96. The highest BCUT2D eigenvalue weighted by atomic mass is 35.5. The van der Waals surface area contributed by atoms with Crippen molar-refractivity contribution in [2.24, 2.45) is 0 Å². The Bertz CT molecular complexity index is 405. The van der Waals surface area contributed by atoms with Crippen molar-refractivity contribution in [2.45, 2.75) is 32.4 Å². The minimum Gasteiger partial charge on any atom is -0.495 e. The van der Waals surface area contributed by atoms with Crippen LogP contribution in [0.3, 0.4) is 0 Å². The van der Waals surface area contributed by atoms with E-state index in [2.05, 4.69) is 23.2 Å². The SMILES string of the molecule is CCCN(Cc1ccc(OC)c(Cl)c1)C1CCNC1. The summed E-state index contributed by atoms with van der Waals surface area (Å²) in [6.45, 7) is 6.56. The van der Waals surface area contributed by atoms with Crippen LogP contribution in [-0.4, -0.2) is 37.7 Å². The highest BCUT2D eigenvalue weighted by Crippen LogP contribution is 2.26. The molecule has 0 aliphatic carbocycles. The molecule has 1 N–H and O–H groups in total. The Balaban J connectivity index is 2.05. The fourth-order valence-corrected chi connectivity index (χ4v) is 2.95. The number of methoxy groups -OCH3 is 1. The summed E-state index contributed by atoms with van der Waals surface area (Å²) in [5.74, 6) is 0.745. The lowest BCUT2D eigenvalue weighted by Gasteiger charge is -2.28. The number of rotatable bonds is 6. The van der Waals surface area contributed by atoms with E-state index in [0.717, 1.165) is 31.9 Å². The van der Waals surface area contributed by atoms with Crippen molar-refractivity contribution in [1.82, 2.24) is 10.2 Å². The first-order chi connectivity index (χ1) is 9.24. The van der Waals surface area contributed by atoms with Gasteiger partial charge in [-0.3, -0.25) is 4.90 Å². The van der Waals surface area contributed by atoms with Crippen molar-refractivity contribution in [2.75, 3.05) is 26.7 Å². The highest BCUT2D eigenvalue weighted by molar-refractivity contribution is 6.32. The standard InChI is InChI=1S/C15H23ClN2O/c1-3-8-18(13-6-7-17-10-13)11-12-4-5-15(19-2)14(16)9-12/h4-5,9,13,17H,3,6-8,10-11H2,1-2H3. The number of nitrogens with zero attached hydrogens (tertiary/aromatic N) is 1. The molecule has 1 aromatic rings. The molecule has 3 nitrogen and oxygen atoms in total. The van der Waals surface area contributed by atoms with E-state index in [9.17, 15) is 0 Å². The van der Waals surface area contributed by atoms with Gasteiger partial charge in [-0.05, 0) is 43.6 Å². The molecule has 1 unspecified atom stereocenters. The molecule has 1 heterocycles. The van der Waals surface area contributed by atoms with Crippen molar-refractivity contribution in [1.29, 1.82) is 0 Å². The summed E-state index contributed by atoms with van der Waals surface area (Å²) in [5, 5.41) is 4.13. The number of benzene rings is 1. The Hall–Kier alpha value is -0.770. The third kappa shape index (κ3) is 3.85. The highest BCUT2D eigenvalue weighted by Gasteiger charge is 2.21. The second-order valence-corrected chi connectivity index (χ2v) is 5.49. The number of hydrogen-bond acceptors (Lipinski definition) is 3. The monoisotopic (exact) mass is 282 g/mol. The van der Waals surface area contributed by atoms with Gasteiger partial charge in [-0.15, -0.1) is 0 Å². The Morgan fingerprint density at radius 1 is 1.47 bits per heavy atom. The Morgan fingerprint density at radius 3 is 2.89 bits per heavy atom. The fraction of sp³-hybridized carbons (Fsp3) is 0.600. The normalized spacial score (nSPS) is 19.1. The zero-order valence-corrected chi connectivity index (χ0v) is 12.5. The Morgan fingerprint density at radius 2 is 2.32 bits per heavy atom. The lowest BCUT2D eigenvalue weighted by atomic mass is 10.1. The average Bonchev–Trinajstić information content (AvgIpc) is 2.92. The van der Waals surface area contributed by atoms with E-state index in [4.69, 9.17) is 16.3 Å². The maximum Gasteiger partial charge on any atom is 0.137 e. The topological polar surface area (TPSA) is 24.5 Å². The molecule has 1 aliphatic rings. The predicted molar refractivity (Wildman–Crippen MR) is 80.0 cm³/mol. The second-order valence-electron chi connectivity index (χ2n) is 5.09. The molecule has 19 heavy (non-hydrogen) atoms. The molecule has 1 aliphatic heterocycles. The number of ether oxygens (including phenoxy) is 1. The molecule has 1 fully saturated rings. The van der Waals surface area contributed by atoms with Gasteiger partial charge in [0.2, 0.25) is 0 Å². The predicted octanol–water partition coefficient (Wildman–Crippen LogP) is 2.92. The molecule has 0 aromatic heterocycles. The summed E-state index contributed by atoms with van der Waals surface area (Å²) in [4.78, 5) is 2.55. The summed E-state index contributed by atoms with van der Waals surface area (Å²) in [6.07, 6.45) is 2.42.